The number of carbonyl (C=O) groups excluding carboxylic acids is 3. The van der Waals surface area contributed by atoms with Gasteiger partial charge in [0.25, 0.3) is 0 Å². The Kier molecular flexibility index (Phi) is 4.53. The maximum Gasteiger partial charge on any atom is 0.229 e. The first-order chi connectivity index (χ1) is 11.0. The lowest BCUT2D eigenvalue weighted by Crippen LogP contribution is -2.51. The molecule has 1 aliphatic heterocycles. The Labute approximate surface area is 143 Å². The summed E-state index contributed by atoms with van der Waals surface area (Å²) in [7, 11) is 0. The minimum Gasteiger partial charge on any atom is -0.347 e. The molecule has 1 aromatic rings. The quantitative estimate of drug-likeness (QED) is 0.800. The van der Waals surface area contributed by atoms with Gasteiger partial charge in [-0.3, -0.25) is 19.3 Å². The van der Waals surface area contributed by atoms with E-state index in [1.807, 2.05) is 24.3 Å². The molecule has 1 heterocycles. The Bertz CT molecular complexity index is 639. The molecule has 6 heteroatoms. The van der Waals surface area contributed by atoms with E-state index in [0.29, 0.717) is 0 Å². The zero-order valence-electron chi connectivity index (χ0n) is 12.8. The van der Waals surface area contributed by atoms with Crippen LogP contribution in [0.4, 0.5) is 0 Å². The van der Waals surface area contributed by atoms with E-state index in [4.69, 9.17) is 0 Å². The molecule has 5 nitrogen and oxygen atoms in total. The number of nitrogens with one attached hydrogen (secondary N) is 1. The van der Waals surface area contributed by atoms with E-state index in [1.54, 1.807) is 0 Å². The summed E-state index contributed by atoms with van der Waals surface area (Å²) < 4.78 is 0.990. The predicted octanol–water partition coefficient (Wildman–Crippen LogP) is 2.48. The number of carbonyl (C=O) groups is 3. The smallest absolute Gasteiger partial charge is 0.229 e. The van der Waals surface area contributed by atoms with E-state index in [1.165, 1.54) is 4.90 Å². The topological polar surface area (TPSA) is 66.5 Å². The summed E-state index contributed by atoms with van der Waals surface area (Å²) >= 11 is 3.47. The lowest BCUT2D eigenvalue weighted by molar-refractivity contribution is -0.138. The van der Waals surface area contributed by atoms with Gasteiger partial charge < -0.3 is 5.32 Å². The highest BCUT2D eigenvalue weighted by molar-refractivity contribution is 9.10. The summed E-state index contributed by atoms with van der Waals surface area (Å²) in [6.07, 6.45) is 3.60. The third kappa shape index (κ3) is 3.32. The van der Waals surface area contributed by atoms with Gasteiger partial charge in [0, 0.05) is 30.3 Å². The van der Waals surface area contributed by atoms with Gasteiger partial charge in [0.1, 0.15) is 0 Å². The molecule has 3 rings (SSSR count). The molecule has 1 saturated carbocycles. The summed E-state index contributed by atoms with van der Waals surface area (Å²) in [6.45, 7) is 0.179. The number of likely N-dealkylation sites (tertiary alicyclic amines) is 1. The van der Waals surface area contributed by atoms with Crippen molar-refractivity contribution in [2.24, 2.45) is 0 Å². The molecule has 122 valence electrons. The fourth-order valence-electron chi connectivity index (χ4n) is 3.22. The summed E-state index contributed by atoms with van der Waals surface area (Å²) in [4.78, 5) is 36.7. The summed E-state index contributed by atoms with van der Waals surface area (Å²) in [5, 5.41) is 3.12. The van der Waals surface area contributed by atoms with Gasteiger partial charge in [0.2, 0.25) is 17.7 Å². The molecule has 3 amide bonds. The number of rotatable bonds is 5. The van der Waals surface area contributed by atoms with Crippen LogP contribution in [0.3, 0.4) is 0 Å². The minimum atomic E-state index is -0.306. The predicted molar refractivity (Wildman–Crippen MR) is 88.4 cm³/mol. The van der Waals surface area contributed by atoms with Crippen LogP contribution in [0, 0.1) is 0 Å². The van der Waals surface area contributed by atoms with Gasteiger partial charge in [0.05, 0.1) is 5.54 Å². The first-order valence-corrected chi connectivity index (χ1v) is 8.70. The highest BCUT2D eigenvalue weighted by Gasteiger charge is 2.40. The lowest BCUT2D eigenvalue weighted by atomic mass is 9.71. The molecule has 23 heavy (non-hydrogen) atoms. The van der Waals surface area contributed by atoms with Crippen LogP contribution in [0.2, 0.25) is 0 Å². The molecule has 1 aliphatic carbocycles. The number of halogens is 1. The molecule has 0 radical (unpaired) electrons. The molecule has 1 N–H and O–H groups in total. The van der Waals surface area contributed by atoms with Gasteiger partial charge in [-0.25, -0.2) is 0 Å². The molecule has 0 aromatic heterocycles. The van der Waals surface area contributed by atoms with Crippen LogP contribution in [0.1, 0.15) is 44.1 Å². The number of nitrogens with zero attached hydrogens (tertiary/aromatic N) is 1. The van der Waals surface area contributed by atoms with Crippen molar-refractivity contribution >= 4 is 33.7 Å². The van der Waals surface area contributed by atoms with Crippen molar-refractivity contribution in [3.05, 3.63) is 34.3 Å². The van der Waals surface area contributed by atoms with Gasteiger partial charge in [0.15, 0.2) is 0 Å². The van der Waals surface area contributed by atoms with Crippen molar-refractivity contribution in [3.63, 3.8) is 0 Å². The summed E-state index contributed by atoms with van der Waals surface area (Å²) in [5.41, 5.74) is 0.791. The lowest BCUT2D eigenvalue weighted by Gasteiger charge is -2.43. The first kappa shape index (κ1) is 16.2. The Morgan fingerprint density at radius 1 is 1.22 bits per heavy atom. The van der Waals surface area contributed by atoms with Gasteiger partial charge in [-0.05, 0) is 37.0 Å². The Morgan fingerprint density at radius 2 is 1.91 bits per heavy atom. The van der Waals surface area contributed by atoms with Crippen LogP contribution < -0.4 is 5.32 Å². The second-order valence-electron chi connectivity index (χ2n) is 6.18. The highest BCUT2D eigenvalue weighted by atomic mass is 79.9. The molecule has 0 spiro atoms. The second kappa shape index (κ2) is 6.43. The van der Waals surface area contributed by atoms with Crippen LogP contribution in [0.25, 0.3) is 0 Å². The molecule has 2 fully saturated rings. The van der Waals surface area contributed by atoms with Crippen LogP contribution >= 0.6 is 15.9 Å². The Hall–Kier alpha value is -1.69. The fourth-order valence-corrected chi connectivity index (χ4v) is 3.62. The normalized spacial score (nSPS) is 19.6. The van der Waals surface area contributed by atoms with E-state index in [-0.39, 0.29) is 49.1 Å². The number of imide groups is 1. The van der Waals surface area contributed by atoms with Crippen molar-refractivity contribution in [2.45, 2.75) is 44.1 Å². The SMILES string of the molecule is O=C(CCN1C(=O)CCC1=O)NC1(c2cccc(Br)c2)CCC1. The van der Waals surface area contributed by atoms with E-state index in [2.05, 4.69) is 21.2 Å². The number of hydrogen-bond acceptors (Lipinski definition) is 3. The Balaban J connectivity index is 1.62. The molecular weight excluding hydrogens is 360 g/mol. The molecule has 0 atom stereocenters. The van der Waals surface area contributed by atoms with E-state index >= 15 is 0 Å². The number of hydrogen-bond donors (Lipinski definition) is 1. The second-order valence-corrected chi connectivity index (χ2v) is 7.10. The van der Waals surface area contributed by atoms with Crippen molar-refractivity contribution < 1.29 is 14.4 Å². The van der Waals surface area contributed by atoms with Crippen LogP contribution in [0.15, 0.2) is 28.7 Å². The number of benzene rings is 1. The summed E-state index contributed by atoms with van der Waals surface area (Å²) in [6, 6.07) is 7.99. The van der Waals surface area contributed by atoms with Gasteiger partial charge in [-0.2, -0.15) is 0 Å². The summed E-state index contributed by atoms with van der Waals surface area (Å²) in [5.74, 6) is -0.460. The largest absolute Gasteiger partial charge is 0.347 e. The molecule has 0 unspecified atom stereocenters. The Morgan fingerprint density at radius 3 is 2.48 bits per heavy atom. The third-order valence-corrected chi connectivity index (χ3v) is 5.17. The van der Waals surface area contributed by atoms with Crippen LogP contribution in [-0.4, -0.2) is 29.2 Å². The van der Waals surface area contributed by atoms with E-state index < -0.39 is 0 Å². The molecule has 2 aliphatic rings. The van der Waals surface area contributed by atoms with Crippen LogP contribution in [0.5, 0.6) is 0 Å². The van der Waals surface area contributed by atoms with Gasteiger partial charge in [-0.1, -0.05) is 28.1 Å². The number of amides is 3. The van der Waals surface area contributed by atoms with Crippen molar-refractivity contribution in [1.82, 2.24) is 10.2 Å². The van der Waals surface area contributed by atoms with Crippen molar-refractivity contribution in [3.8, 4) is 0 Å². The average molecular weight is 379 g/mol. The standard InChI is InChI=1S/C17H19BrN2O3/c18-13-4-1-3-12(11-13)17(8-2-9-17)19-14(21)7-10-20-15(22)5-6-16(20)23/h1,3-4,11H,2,5-10H2,(H,19,21). The van der Waals surface area contributed by atoms with Crippen molar-refractivity contribution in [2.75, 3.05) is 6.54 Å². The maximum absolute atomic E-state index is 12.3. The minimum absolute atomic E-state index is 0.114. The molecule has 0 bridgehead atoms. The molecular formula is C17H19BrN2O3. The zero-order chi connectivity index (χ0) is 16.4. The van der Waals surface area contributed by atoms with E-state index in [9.17, 15) is 14.4 Å². The monoisotopic (exact) mass is 378 g/mol. The van der Waals surface area contributed by atoms with Gasteiger partial charge in [-0.15, -0.1) is 0 Å². The highest BCUT2D eigenvalue weighted by Crippen LogP contribution is 2.42. The fraction of sp³-hybridized carbons (Fsp3) is 0.471. The molecule has 1 saturated heterocycles. The van der Waals surface area contributed by atoms with Gasteiger partial charge >= 0.3 is 0 Å². The van der Waals surface area contributed by atoms with Crippen LogP contribution in [-0.2, 0) is 19.9 Å². The van der Waals surface area contributed by atoms with E-state index in [0.717, 1.165) is 29.3 Å². The zero-order valence-corrected chi connectivity index (χ0v) is 14.4. The van der Waals surface area contributed by atoms with Crippen molar-refractivity contribution in [1.29, 1.82) is 0 Å². The third-order valence-electron chi connectivity index (χ3n) is 4.68. The molecule has 1 aromatic carbocycles. The average Bonchev–Trinajstić information content (AvgIpc) is 2.80. The maximum atomic E-state index is 12.3. The first-order valence-electron chi connectivity index (χ1n) is 7.90.